The van der Waals surface area contributed by atoms with Crippen LogP contribution >= 0.6 is 0 Å². The Balaban J connectivity index is 2.25. The lowest BCUT2D eigenvalue weighted by Crippen LogP contribution is -2.62. The van der Waals surface area contributed by atoms with Crippen LogP contribution in [0.4, 0.5) is 0 Å². The highest BCUT2D eigenvalue weighted by Gasteiger charge is 2.33. The number of nitrogens with zero attached hydrogens (tertiary/aromatic N) is 1. The monoisotopic (exact) mass is 160 g/mol. The molecule has 0 aromatic carbocycles. The Morgan fingerprint density at radius 1 is 1.82 bits per heavy atom. The number of β-lactam (4-membered cyclic amide) rings is 1. The average molecular weight is 160 g/mol. The molecule has 2 atom stereocenters. The fraction of sp³-hybridized carbons (Fsp3) is 0.833. The largest absolute Gasteiger partial charge is 0.394 e. The molecule has 0 aromatic rings. The van der Waals surface area contributed by atoms with Crippen molar-refractivity contribution in [2.75, 3.05) is 19.7 Å². The van der Waals surface area contributed by atoms with Gasteiger partial charge in [0.1, 0.15) is 6.04 Å². The van der Waals surface area contributed by atoms with Gasteiger partial charge < -0.3 is 20.8 Å². The van der Waals surface area contributed by atoms with E-state index in [9.17, 15) is 4.79 Å². The predicted octanol–water partition coefficient (Wildman–Crippen LogP) is -2.49. The summed E-state index contributed by atoms with van der Waals surface area (Å²) in [6.07, 6.45) is -0.841. The summed E-state index contributed by atoms with van der Waals surface area (Å²) < 4.78 is 0. The van der Waals surface area contributed by atoms with Crippen molar-refractivity contribution in [3.8, 4) is 0 Å². The van der Waals surface area contributed by atoms with E-state index in [1.807, 2.05) is 0 Å². The maximum Gasteiger partial charge on any atom is 0.241 e. The fourth-order valence-electron chi connectivity index (χ4n) is 1.00. The Morgan fingerprint density at radius 3 is 2.82 bits per heavy atom. The van der Waals surface area contributed by atoms with E-state index in [0.717, 1.165) is 0 Å². The van der Waals surface area contributed by atoms with Crippen molar-refractivity contribution in [2.24, 2.45) is 5.73 Å². The summed E-state index contributed by atoms with van der Waals surface area (Å²) >= 11 is 0. The lowest BCUT2D eigenvalue weighted by atomic mass is 10.1. The highest BCUT2D eigenvalue weighted by atomic mass is 16.3. The number of carbonyl (C=O) groups is 1. The lowest BCUT2D eigenvalue weighted by Gasteiger charge is -2.37. The van der Waals surface area contributed by atoms with Crippen molar-refractivity contribution in [1.82, 2.24) is 4.90 Å². The molecular weight excluding hydrogens is 148 g/mol. The summed E-state index contributed by atoms with van der Waals surface area (Å²) in [7, 11) is 0. The quantitative estimate of drug-likeness (QED) is 0.399. The van der Waals surface area contributed by atoms with Crippen LogP contribution in [0.25, 0.3) is 0 Å². The van der Waals surface area contributed by atoms with Crippen LogP contribution in [0.3, 0.4) is 0 Å². The second-order valence-electron chi connectivity index (χ2n) is 2.69. The molecule has 1 heterocycles. The second-order valence-corrected chi connectivity index (χ2v) is 2.69. The Kier molecular flexibility index (Phi) is 2.43. The highest BCUT2D eigenvalue weighted by Crippen LogP contribution is 2.07. The van der Waals surface area contributed by atoms with Gasteiger partial charge in [0.05, 0.1) is 12.7 Å². The van der Waals surface area contributed by atoms with Gasteiger partial charge in [-0.1, -0.05) is 0 Å². The first-order valence-electron chi connectivity index (χ1n) is 3.48. The average Bonchev–Trinajstić information content (AvgIpc) is 2.03. The van der Waals surface area contributed by atoms with Gasteiger partial charge in [0.15, 0.2) is 0 Å². The van der Waals surface area contributed by atoms with Crippen LogP contribution in [0, 0.1) is 0 Å². The van der Waals surface area contributed by atoms with Crippen LogP contribution in [0.5, 0.6) is 0 Å². The summed E-state index contributed by atoms with van der Waals surface area (Å²) in [5, 5.41) is 17.3. The molecule has 1 aliphatic rings. The Labute approximate surface area is 64.4 Å². The van der Waals surface area contributed by atoms with Gasteiger partial charge >= 0.3 is 0 Å². The van der Waals surface area contributed by atoms with Crippen LogP contribution in [0.15, 0.2) is 0 Å². The molecule has 5 heteroatoms. The normalized spacial score (nSPS) is 26.6. The number of amides is 1. The van der Waals surface area contributed by atoms with Crippen LogP contribution in [-0.4, -0.2) is 52.9 Å². The van der Waals surface area contributed by atoms with Crippen molar-refractivity contribution in [1.29, 1.82) is 0 Å². The molecule has 0 spiro atoms. The van der Waals surface area contributed by atoms with E-state index in [1.165, 1.54) is 4.90 Å². The maximum absolute atomic E-state index is 10.8. The number of likely N-dealkylation sites (tertiary alicyclic amines) is 1. The van der Waals surface area contributed by atoms with Crippen molar-refractivity contribution in [3.63, 3.8) is 0 Å². The topological polar surface area (TPSA) is 86.8 Å². The number of aliphatic hydroxyl groups excluding tert-OH is 2. The Morgan fingerprint density at radius 2 is 2.45 bits per heavy atom. The Bertz CT molecular complexity index is 162. The molecule has 0 aromatic heterocycles. The minimum atomic E-state index is -0.841. The third kappa shape index (κ3) is 1.68. The minimum absolute atomic E-state index is 0.155. The number of β-amino-alcohol motifs (C(OH)–C–C–N with tert-alkyl or cyclic N) is 1. The molecule has 0 aliphatic carbocycles. The molecule has 1 rings (SSSR count). The van der Waals surface area contributed by atoms with Gasteiger partial charge in [0.2, 0.25) is 5.91 Å². The number of hydrogen-bond acceptors (Lipinski definition) is 4. The molecule has 0 saturated carbocycles. The van der Waals surface area contributed by atoms with E-state index < -0.39 is 12.1 Å². The second kappa shape index (κ2) is 3.17. The SMILES string of the molecule is NC1CN(CC(O)CO)C1=O. The van der Waals surface area contributed by atoms with Gasteiger partial charge in [-0.3, -0.25) is 4.79 Å². The molecule has 4 N–H and O–H groups in total. The summed E-state index contributed by atoms with van der Waals surface area (Å²) in [6, 6.07) is -0.402. The molecule has 1 aliphatic heterocycles. The number of aliphatic hydroxyl groups is 2. The standard InChI is InChI=1S/C6H12N2O3/c7-5-2-8(6(5)11)1-4(10)3-9/h4-5,9-10H,1-3,7H2. The zero-order valence-corrected chi connectivity index (χ0v) is 6.10. The molecule has 1 saturated heterocycles. The number of carbonyl (C=O) groups excluding carboxylic acids is 1. The first-order valence-corrected chi connectivity index (χ1v) is 3.48. The summed E-state index contributed by atoms with van der Waals surface area (Å²) in [6.45, 7) is 0.345. The molecule has 2 unspecified atom stereocenters. The van der Waals surface area contributed by atoms with E-state index in [2.05, 4.69) is 0 Å². The van der Waals surface area contributed by atoms with E-state index in [-0.39, 0.29) is 19.1 Å². The van der Waals surface area contributed by atoms with Gasteiger partial charge in [-0.05, 0) is 0 Å². The van der Waals surface area contributed by atoms with Gasteiger partial charge in [0, 0.05) is 13.1 Å². The molecule has 1 amide bonds. The van der Waals surface area contributed by atoms with E-state index >= 15 is 0 Å². The van der Waals surface area contributed by atoms with Crippen molar-refractivity contribution in [3.05, 3.63) is 0 Å². The zero-order chi connectivity index (χ0) is 8.43. The van der Waals surface area contributed by atoms with Gasteiger partial charge in [0.25, 0.3) is 0 Å². The van der Waals surface area contributed by atoms with Crippen LogP contribution in [-0.2, 0) is 4.79 Å². The van der Waals surface area contributed by atoms with Crippen LogP contribution in [0.2, 0.25) is 0 Å². The Hall–Kier alpha value is -0.650. The van der Waals surface area contributed by atoms with Crippen LogP contribution < -0.4 is 5.73 Å². The molecule has 64 valence electrons. The number of hydrogen-bond donors (Lipinski definition) is 3. The zero-order valence-electron chi connectivity index (χ0n) is 6.10. The molecule has 1 fully saturated rings. The summed E-state index contributed by atoms with van der Waals surface area (Å²) in [4.78, 5) is 12.2. The van der Waals surface area contributed by atoms with Crippen molar-refractivity contribution >= 4 is 5.91 Å². The maximum atomic E-state index is 10.8. The molecule has 5 nitrogen and oxygen atoms in total. The van der Waals surface area contributed by atoms with Crippen LogP contribution in [0.1, 0.15) is 0 Å². The first kappa shape index (κ1) is 8.45. The fourth-order valence-corrected chi connectivity index (χ4v) is 1.00. The third-order valence-corrected chi connectivity index (χ3v) is 1.69. The van der Waals surface area contributed by atoms with Gasteiger partial charge in [-0.2, -0.15) is 0 Å². The van der Waals surface area contributed by atoms with Crippen molar-refractivity contribution < 1.29 is 15.0 Å². The molecule has 0 bridgehead atoms. The predicted molar refractivity (Wildman–Crippen MR) is 37.6 cm³/mol. The summed E-state index contributed by atoms with van der Waals surface area (Å²) in [5.41, 5.74) is 5.29. The van der Waals surface area contributed by atoms with E-state index in [0.29, 0.717) is 6.54 Å². The third-order valence-electron chi connectivity index (χ3n) is 1.69. The van der Waals surface area contributed by atoms with E-state index in [1.54, 1.807) is 0 Å². The summed E-state index contributed by atoms with van der Waals surface area (Å²) in [5.74, 6) is -0.155. The highest BCUT2D eigenvalue weighted by molar-refractivity contribution is 5.87. The first-order chi connectivity index (χ1) is 5.15. The van der Waals surface area contributed by atoms with Gasteiger partial charge in [-0.15, -0.1) is 0 Å². The minimum Gasteiger partial charge on any atom is -0.394 e. The van der Waals surface area contributed by atoms with E-state index in [4.69, 9.17) is 15.9 Å². The van der Waals surface area contributed by atoms with Crippen molar-refractivity contribution in [2.45, 2.75) is 12.1 Å². The lowest BCUT2D eigenvalue weighted by molar-refractivity contribution is -0.144. The van der Waals surface area contributed by atoms with Gasteiger partial charge in [-0.25, -0.2) is 0 Å². The molecular formula is C6H12N2O3. The smallest absolute Gasteiger partial charge is 0.241 e. The molecule has 0 radical (unpaired) electrons. The number of nitrogens with two attached hydrogens (primary N) is 1. The molecule has 11 heavy (non-hydrogen) atoms. The number of rotatable bonds is 3.